The molecule has 0 aliphatic heterocycles. The molecule has 2 aromatic carbocycles. The first-order chi connectivity index (χ1) is 10.6. The number of amides is 1. The second-order valence-corrected chi connectivity index (χ2v) is 5.13. The van der Waals surface area contributed by atoms with E-state index in [2.05, 4.69) is 10.3 Å². The summed E-state index contributed by atoms with van der Waals surface area (Å²) in [6.07, 6.45) is 0. The van der Waals surface area contributed by atoms with E-state index in [-0.39, 0.29) is 10.6 Å². The van der Waals surface area contributed by atoms with Gasteiger partial charge in [-0.15, -0.1) is 0 Å². The number of carbonyl (C=O) groups excluding carboxylic acids is 1. The van der Waals surface area contributed by atoms with E-state index in [0.29, 0.717) is 12.5 Å². The normalized spacial score (nSPS) is 10.9. The molecule has 22 heavy (non-hydrogen) atoms. The lowest BCUT2D eigenvalue weighted by molar-refractivity contribution is 0.102. The molecule has 1 heterocycles. The van der Waals surface area contributed by atoms with Gasteiger partial charge in [-0.25, -0.2) is 9.37 Å². The standard InChI is InChI=1S/C16H13ClFN3O/c1-2-21-13-9-4-3-8-12(13)19-16(21)20-15(22)14-10(17)6-5-7-11(14)18/h3-9H,2H2,1H3,(H,19,20,22). The number of halogens is 2. The number of aryl methyl sites for hydroxylation is 1. The molecule has 1 amide bonds. The molecule has 0 aliphatic rings. The summed E-state index contributed by atoms with van der Waals surface area (Å²) in [5.41, 5.74) is 1.48. The van der Waals surface area contributed by atoms with Gasteiger partial charge in [-0.05, 0) is 31.2 Å². The van der Waals surface area contributed by atoms with Crippen molar-refractivity contribution < 1.29 is 9.18 Å². The molecule has 0 radical (unpaired) electrons. The van der Waals surface area contributed by atoms with Gasteiger partial charge in [-0.3, -0.25) is 10.1 Å². The quantitative estimate of drug-likeness (QED) is 0.790. The van der Waals surface area contributed by atoms with Crippen LogP contribution in [0.3, 0.4) is 0 Å². The van der Waals surface area contributed by atoms with Crippen LogP contribution < -0.4 is 5.32 Å². The van der Waals surface area contributed by atoms with Crippen LogP contribution >= 0.6 is 11.6 Å². The molecule has 0 bridgehead atoms. The van der Waals surface area contributed by atoms with Gasteiger partial charge >= 0.3 is 0 Å². The third kappa shape index (κ3) is 2.44. The van der Waals surface area contributed by atoms with Crippen LogP contribution in [0, 0.1) is 5.82 Å². The summed E-state index contributed by atoms with van der Waals surface area (Å²) in [6, 6.07) is 11.7. The highest BCUT2D eigenvalue weighted by Gasteiger charge is 2.18. The number of hydrogen-bond acceptors (Lipinski definition) is 2. The number of para-hydroxylation sites is 2. The molecular weight excluding hydrogens is 305 g/mol. The van der Waals surface area contributed by atoms with Crippen molar-refractivity contribution in [1.82, 2.24) is 9.55 Å². The molecule has 112 valence electrons. The van der Waals surface area contributed by atoms with Crippen molar-refractivity contribution in [2.45, 2.75) is 13.5 Å². The van der Waals surface area contributed by atoms with E-state index < -0.39 is 11.7 Å². The fourth-order valence-corrected chi connectivity index (χ4v) is 2.62. The number of benzene rings is 2. The maximum absolute atomic E-state index is 13.8. The summed E-state index contributed by atoms with van der Waals surface area (Å²) in [4.78, 5) is 16.7. The van der Waals surface area contributed by atoms with Crippen molar-refractivity contribution in [3.63, 3.8) is 0 Å². The summed E-state index contributed by atoms with van der Waals surface area (Å²) in [6.45, 7) is 2.57. The van der Waals surface area contributed by atoms with Gasteiger partial charge in [-0.2, -0.15) is 0 Å². The molecular formula is C16H13ClFN3O. The first kappa shape index (κ1) is 14.5. The molecule has 3 rings (SSSR count). The zero-order chi connectivity index (χ0) is 15.7. The predicted octanol–water partition coefficient (Wildman–Crippen LogP) is 4.10. The zero-order valence-electron chi connectivity index (χ0n) is 11.8. The molecule has 0 saturated heterocycles. The maximum atomic E-state index is 13.8. The summed E-state index contributed by atoms with van der Waals surface area (Å²) >= 11 is 5.91. The van der Waals surface area contributed by atoms with Crippen LogP contribution in [0.2, 0.25) is 5.02 Å². The second-order valence-electron chi connectivity index (χ2n) is 4.72. The van der Waals surface area contributed by atoms with Crippen LogP contribution in [0.1, 0.15) is 17.3 Å². The largest absolute Gasteiger partial charge is 0.310 e. The highest BCUT2D eigenvalue weighted by atomic mass is 35.5. The van der Waals surface area contributed by atoms with Gasteiger partial charge in [0.25, 0.3) is 5.91 Å². The Kier molecular flexibility index (Phi) is 3.81. The van der Waals surface area contributed by atoms with E-state index in [1.54, 1.807) is 0 Å². The molecule has 4 nitrogen and oxygen atoms in total. The van der Waals surface area contributed by atoms with Crippen LogP contribution in [0.5, 0.6) is 0 Å². The van der Waals surface area contributed by atoms with E-state index in [1.165, 1.54) is 18.2 Å². The van der Waals surface area contributed by atoms with Crippen LogP contribution in [0.15, 0.2) is 42.5 Å². The Balaban J connectivity index is 2.01. The fraction of sp³-hybridized carbons (Fsp3) is 0.125. The molecule has 3 aromatic rings. The van der Waals surface area contributed by atoms with Gasteiger partial charge in [-0.1, -0.05) is 29.8 Å². The minimum Gasteiger partial charge on any atom is -0.310 e. The summed E-state index contributed by atoms with van der Waals surface area (Å²) in [5, 5.41) is 2.70. The van der Waals surface area contributed by atoms with Crippen molar-refractivity contribution >= 4 is 34.5 Å². The molecule has 0 saturated carbocycles. The highest BCUT2D eigenvalue weighted by molar-refractivity contribution is 6.34. The molecule has 0 fully saturated rings. The van der Waals surface area contributed by atoms with Gasteiger partial charge in [0.2, 0.25) is 5.95 Å². The fourth-order valence-electron chi connectivity index (χ4n) is 2.37. The number of anilines is 1. The Labute approximate surface area is 131 Å². The van der Waals surface area contributed by atoms with Gasteiger partial charge in [0, 0.05) is 6.54 Å². The molecule has 0 atom stereocenters. The van der Waals surface area contributed by atoms with Gasteiger partial charge in [0.1, 0.15) is 5.82 Å². The number of aromatic nitrogens is 2. The lowest BCUT2D eigenvalue weighted by Gasteiger charge is -2.09. The molecule has 0 unspecified atom stereocenters. The number of nitrogens with one attached hydrogen (secondary N) is 1. The van der Waals surface area contributed by atoms with E-state index in [0.717, 1.165) is 11.0 Å². The van der Waals surface area contributed by atoms with Crippen LogP contribution in [-0.2, 0) is 6.54 Å². The number of carbonyl (C=O) groups is 1. The second kappa shape index (κ2) is 5.77. The lowest BCUT2D eigenvalue weighted by Crippen LogP contribution is -2.17. The maximum Gasteiger partial charge on any atom is 0.262 e. The third-order valence-electron chi connectivity index (χ3n) is 3.39. The van der Waals surface area contributed by atoms with Crippen molar-refractivity contribution in [3.8, 4) is 0 Å². The van der Waals surface area contributed by atoms with E-state index in [1.807, 2.05) is 35.8 Å². The molecule has 0 spiro atoms. The van der Waals surface area contributed by atoms with E-state index >= 15 is 0 Å². The number of imidazole rings is 1. The van der Waals surface area contributed by atoms with Gasteiger partial charge < -0.3 is 4.57 Å². The first-order valence-electron chi connectivity index (χ1n) is 6.82. The average molecular weight is 318 g/mol. The number of rotatable bonds is 3. The predicted molar refractivity (Wildman–Crippen MR) is 84.8 cm³/mol. The summed E-state index contributed by atoms with van der Waals surface area (Å²) in [7, 11) is 0. The molecule has 0 aliphatic carbocycles. The Hall–Kier alpha value is -2.40. The van der Waals surface area contributed by atoms with Crippen LogP contribution in [0.4, 0.5) is 10.3 Å². The third-order valence-corrected chi connectivity index (χ3v) is 3.70. The van der Waals surface area contributed by atoms with Crippen LogP contribution in [0.25, 0.3) is 11.0 Å². The van der Waals surface area contributed by atoms with E-state index in [9.17, 15) is 9.18 Å². The minimum atomic E-state index is -0.663. The Morgan fingerprint density at radius 2 is 2.05 bits per heavy atom. The van der Waals surface area contributed by atoms with Crippen LogP contribution in [-0.4, -0.2) is 15.5 Å². The number of nitrogens with zero attached hydrogens (tertiary/aromatic N) is 2. The molecule has 6 heteroatoms. The first-order valence-corrected chi connectivity index (χ1v) is 7.20. The molecule has 1 aromatic heterocycles. The van der Waals surface area contributed by atoms with Crippen molar-refractivity contribution in [2.75, 3.05) is 5.32 Å². The van der Waals surface area contributed by atoms with Crippen molar-refractivity contribution in [3.05, 3.63) is 58.9 Å². The highest BCUT2D eigenvalue weighted by Crippen LogP contribution is 2.23. The summed E-state index contributed by atoms with van der Waals surface area (Å²) in [5.74, 6) is -0.912. The Morgan fingerprint density at radius 3 is 2.77 bits per heavy atom. The number of hydrogen-bond donors (Lipinski definition) is 1. The average Bonchev–Trinajstić information content (AvgIpc) is 2.83. The van der Waals surface area contributed by atoms with Crippen molar-refractivity contribution in [2.24, 2.45) is 0 Å². The number of fused-ring (bicyclic) bond motifs is 1. The Morgan fingerprint density at radius 1 is 1.27 bits per heavy atom. The van der Waals surface area contributed by atoms with Gasteiger partial charge in [0.05, 0.1) is 21.6 Å². The monoisotopic (exact) mass is 317 g/mol. The van der Waals surface area contributed by atoms with E-state index in [4.69, 9.17) is 11.6 Å². The zero-order valence-corrected chi connectivity index (χ0v) is 12.6. The minimum absolute atomic E-state index is 0.0664. The topological polar surface area (TPSA) is 46.9 Å². The SMILES string of the molecule is CCn1c(NC(=O)c2c(F)cccc2Cl)nc2ccccc21. The smallest absolute Gasteiger partial charge is 0.262 e. The van der Waals surface area contributed by atoms with Crippen molar-refractivity contribution in [1.29, 1.82) is 0 Å². The lowest BCUT2D eigenvalue weighted by atomic mass is 10.2. The molecule has 1 N–H and O–H groups in total. The van der Waals surface area contributed by atoms with Gasteiger partial charge in [0.15, 0.2) is 0 Å². The Bertz CT molecular complexity index is 839. The summed E-state index contributed by atoms with van der Waals surface area (Å²) < 4.78 is 15.7.